The van der Waals surface area contributed by atoms with Gasteiger partial charge in [-0.1, -0.05) is 17.7 Å². The highest BCUT2D eigenvalue weighted by molar-refractivity contribution is 7.16. The number of rotatable bonds is 9. The van der Waals surface area contributed by atoms with E-state index < -0.39 is 0 Å². The normalized spacial score (nSPS) is 12.9. The molecule has 1 aliphatic rings. The first-order chi connectivity index (χ1) is 18.9. The summed E-state index contributed by atoms with van der Waals surface area (Å²) in [6.45, 7) is 7.15. The third-order valence-corrected chi connectivity index (χ3v) is 8.31. The van der Waals surface area contributed by atoms with Gasteiger partial charge in [0.15, 0.2) is 11.5 Å². The Morgan fingerprint density at radius 3 is 2.62 bits per heavy atom. The standard InChI is InChI=1S/C32H34N2O4S/c1-20-14-21(2)26(22(3)15-20)19-38-27-12-11-23(16-28(27)36-4)17-34-32-30(25-9-5-6-10-29(25)39-32)31(35)33-18-24-8-7-13-37-24/h7-8,11-17H,5-6,9-10,18-19H2,1-4H3,(H,33,35). The summed E-state index contributed by atoms with van der Waals surface area (Å²) in [5, 5.41) is 3.74. The number of aryl methyl sites for hydroxylation is 4. The molecule has 0 spiro atoms. The molecule has 0 saturated heterocycles. The van der Waals surface area contributed by atoms with Gasteiger partial charge in [0.1, 0.15) is 17.4 Å². The van der Waals surface area contributed by atoms with Crippen LogP contribution >= 0.6 is 11.3 Å². The second-order valence-corrected chi connectivity index (χ2v) is 11.1. The molecule has 1 N–H and O–H groups in total. The number of ether oxygens (including phenoxy) is 2. The first-order valence-electron chi connectivity index (χ1n) is 13.3. The molecule has 0 saturated carbocycles. The summed E-state index contributed by atoms with van der Waals surface area (Å²) in [7, 11) is 1.64. The van der Waals surface area contributed by atoms with Crippen LogP contribution in [-0.2, 0) is 26.0 Å². The van der Waals surface area contributed by atoms with E-state index in [2.05, 4.69) is 38.2 Å². The van der Waals surface area contributed by atoms with Gasteiger partial charge < -0.3 is 19.2 Å². The summed E-state index contributed by atoms with van der Waals surface area (Å²) in [5.74, 6) is 1.93. The van der Waals surface area contributed by atoms with E-state index in [0.717, 1.165) is 47.6 Å². The van der Waals surface area contributed by atoms with Gasteiger partial charge >= 0.3 is 0 Å². The molecule has 0 aliphatic heterocycles. The van der Waals surface area contributed by atoms with E-state index in [-0.39, 0.29) is 5.91 Å². The Balaban J connectivity index is 1.35. The largest absolute Gasteiger partial charge is 0.493 e. The lowest BCUT2D eigenvalue weighted by atomic mass is 9.95. The van der Waals surface area contributed by atoms with Crippen molar-refractivity contribution in [3.05, 3.63) is 98.3 Å². The molecule has 1 aliphatic carbocycles. The Hall–Kier alpha value is -3.84. The van der Waals surface area contributed by atoms with Gasteiger partial charge in [-0.25, -0.2) is 4.99 Å². The molecule has 2 aromatic heterocycles. The van der Waals surface area contributed by atoms with Crippen molar-refractivity contribution in [1.29, 1.82) is 0 Å². The number of benzene rings is 2. The molecular weight excluding hydrogens is 508 g/mol. The van der Waals surface area contributed by atoms with Crippen LogP contribution in [0.4, 0.5) is 5.00 Å². The van der Waals surface area contributed by atoms with Gasteiger partial charge in [-0.2, -0.15) is 0 Å². The molecule has 4 aromatic rings. The second-order valence-electron chi connectivity index (χ2n) is 9.99. The van der Waals surface area contributed by atoms with Crippen LogP contribution in [0.2, 0.25) is 0 Å². The minimum absolute atomic E-state index is 0.110. The molecule has 0 bridgehead atoms. The van der Waals surface area contributed by atoms with Gasteiger partial charge in [0.25, 0.3) is 5.91 Å². The van der Waals surface area contributed by atoms with Crippen molar-refractivity contribution in [2.75, 3.05) is 7.11 Å². The molecule has 6 nitrogen and oxygen atoms in total. The highest BCUT2D eigenvalue weighted by Crippen LogP contribution is 2.40. The maximum absolute atomic E-state index is 13.2. The van der Waals surface area contributed by atoms with Gasteiger partial charge in [0, 0.05) is 11.1 Å². The number of nitrogens with one attached hydrogen (secondary N) is 1. The number of aliphatic imine (C=N–C) groups is 1. The van der Waals surface area contributed by atoms with Crippen LogP contribution in [0.25, 0.3) is 0 Å². The molecule has 0 fully saturated rings. The van der Waals surface area contributed by atoms with E-state index in [0.29, 0.717) is 30.2 Å². The van der Waals surface area contributed by atoms with E-state index >= 15 is 0 Å². The van der Waals surface area contributed by atoms with Gasteiger partial charge in [0.05, 0.1) is 25.5 Å². The number of furan rings is 1. The molecule has 5 rings (SSSR count). The molecule has 1 amide bonds. The minimum Gasteiger partial charge on any atom is -0.493 e. The van der Waals surface area contributed by atoms with Crippen molar-refractivity contribution in [2.45, 2.75) is 59.6 Å². The molecule has 39 heavy (non-hydrogen) atoms. The number of carbonyl (C=O) groups excluding carboxylic acids is 1. The van der Waals surface area contributed by atoms with Crippen molar-refractivity contribution in [1.82, 2.24) is 5.32 Å². The third-order valence-electron chi connectivity index (χ3n) is 7.11. The second kappa shape index (κ2) is 11.9. The maximum Gasteiger partial charge on any atom is 0.255 e. The summed E-state index contributed by atoms with van der Waals surface area (Å²) in [6, 6.07) is 13.8. The molecule has 0 atom stereocenters. The van der Waals surface area contributed by atoms with Crippen LogP contribution in [0.3, 0.4) is 0 Å². The Bertz CT molecular complexity index is 1480. The number of fused-ring (bicyclic) bond motifs is 1. The number of thiophene rings is 1. The highest BCUT2D eigenvalue weighted by atomic mass is 32.1. The van der Waals surface area contributed by atoms with E-state index in [4.69, 9.17) is 18.9 Å². The van der Waals surface area contributed by atoms with Crippen LogP contribution in [0.1, 0.15) is 67.2 Å². The van der Waals surface area contributed by atoms with Gasteiger partial charge in [-0.05, 0) is 105 Å². The lowest BCUT2D eigenvalue weighted by Gasteiger charge is -2.15. The monoisotopic (exact) mass is 542 g/mol. The zero-order chi connectivity index (χ0) is 27.4. The zero-order valence-corrected chi connectivity index (χ0v) is 23.7. The topological polar surface area (TPSA) is 73.1 Å². The number of nitrogens with zero attached hydrogens (tertiary/aromatic N) is 1. The van der Waals surface area contributed by atoms with E-state index in [1.54, 1.807) is 30.9 Å². The Morgan fingerprint density at radius 1 is 1.08 bits per heavy atom. The molecular formula is C32H34N2O4S. The van der Waals surface area contributed by atoms with Gasteiger partial charge in [-0.15, -0.1) is 11.3 Å². The van der Waals surface area contributed by atoms with Crippen LogP contribution in [0, 0.1) is 20.8 Å². The zero-order valence-electron chi connectivity index (χ0n) is 22.9. The smallest absolute Gasteiger partial charge is 0.255 e. The average molecular weight is 543 g/mol. The summed E-state index contributed by atoms with van der Waals surface area (Å²) in [4.78, 5) is 19.3. The number of amides is 1. The predicted molar refractivity (Wildman–Crippen MR) is 156 cm³/mol. The fraction of sp³-hybridized carbons (Fsp3) is 0.312. The van der Waals surface area contributed by atoms with Gasteiger partial charge in [-0.3, -0.25) is 4.79 Å². The number of hydrogen-bond acceptors (Lipinski definition) is 6. The number of methoxy groups -OCH3 is 1. The Labute approximate surface area is 233 Å². The van der Waals surface area contributed by atoms with E-state index in [1.807, 2.05) is 30.3 Å². The van der Waals surface area contributed by atoms with Crippen LogP contribution in [0.5, 0.6) is 11.5 Å². The van der Waals surface area contributed by atoms with E-state index in [9.17, 15) is 4.79 Å². The fourth-order valence-electron chi connectivity index (χ4n) is 5.15. The quantitative estimate of drug-likeness (QED) is 0.224. The van der Waals surface area contributed by atoms with Crippen molar-refractivity contribution in [2.24, 2.45) is 4.99 Å². The SMILES string of the molecule is COc1cc(C=Nc2sc3c(c2C(=O)NCc2ccco2)CCCC3)ccc1OCc1c(C)cc(C)cc1C. The van der Waals surface area contributed by atoms with Gasteiger partial charge in [0.2, 0.25) is 0 Å². The molecule has 2 aromatic carbocycles. The highest BCUT2D eigenvalue weighted by Gasteiger charge is 2.25. The first-order valence-corrected chi connectivity index (χ1v) is 14.1. The summed E-state index contributed by atoms with van der Waals surface area (Å²) in [5.41, 5.74) is 7.57. The lowest BCUT2D eigenvalue weighted by molar-refractivity contribution is 0.0948. The van der Waals surface area contributed by atoms with Crippen LogP contribution in [-0.4, -0.2) is 19.2 Å². The van der Waals surface area contributed by atoms with E-state index in [1.165, 1.54) is 27.1 Å². The first kappa shape index (κ1) is 26.8. The number of hydrogen-bond donors (Lipinski definition) is 1. The van der Waals surface area contributed by atoms with Crippen molar-refractivity contribution < 1.29 is 18.7 Å². The number of carbonyl (C=O) groups is 1. The molecule has 202 valence electrons. The summed E-state index contributed by atoms with van der Waals surface area (Å²) < 4.78 is 17.2. The Morgan fingerprint density at radius 2 is 1.87 bits per heavy atom. The molecule has 0 radical (unpaired) electrons. The summed E-state index contributed by atoms with van der Waals surface area (Å²) >= 11 is 1.62. The minimum atomic E-state index is -0.110. The predicted octanol–water partition coefficient (Wildman–Crippen LogP) is 7.41. The maximum atomic E-state index is 13.2. The molecule has 0 unspecified atom stereocenters. The van der Waals surface area contributed by atoms with Crippen molar-refractivity contribution in [3.8, 4) is 11.5 Å². The molecule has 7 heteroatoms. The van der Waals surface area contributed by atoms with Crippen LogP contribution < -0.4 is 14.8 Å². The molecule has 2 heterocycles. The third kappa shape index (κ3) is 6.09. The average Bonchev–Trinajstić information content (AvgIpc) is 3.58. The van der Waals surface area contributed by atoms with Crippen molar-refractivity contribution >= 4 is 28.5 Å². The fourth-order valence-corrected chi connectivity index (χ4v) is 6.38. The summed E-state index contributed by atoms with van der Waals surface area (Å²) in [6.07, 6.45) is 7.54. The Kier molecular flexibility index (Phi) is 8.17. The van der Waals surface area contributed by atoms with Crippen molar-refractivity contribution in [3.63, 3.8) is 0 Å². The van der Waals surface area contributed by atoms with Crippen LogP contribution in [0.15, 0.2) is 58.1 Å². The lowest BCUT2D eigenvalue weighted by Crippen LogP contribution is -2.23.